The molecule has 8 nitrogen and oxygen atoms in total. The van der Waals surface area contributed by atoms with E-state index in [0.717, 1.165) is 24.2 Å². The molecule has 0 spiro atoms. The van der Waals surface area contributed by atoms with Crippen LogP contribution in [0.4, 0.5) is 0 Å². The third kappa shape index (κ3) is 3.02. The van der Waals surface area contributed by atoms with Gasteiger partial charge in [-0.15, -0.1) is 5.10 Å². The van der Waals surface area contributed by atoms with Crippen molar-refractivity contribution in [2.45, 2.75) is 58.2 Å². The van der Waals surface area contributed by atoms with Gasteiger partial charge < -0.3 is 9.88 Å². The second-order valence-electron chi connectivity index (χ2n) is 8.01. The molecule has 5 rings (SSSR count). The molecule has 0 atom stereocenters. The molecule has 1 aromatic carbocycles. The lowest BCUT2D eigenvalue weighted by Crippen LogP contribution is -2.25. The summed E-state index contributed by atoms with van der Waals surface area (Å²) < 4.78 is 5.59. The van der Waals surface area contributed by atoms with Crippen molar-refractivity contribution in [3.63, 3.8) is 0 Å². The third-order valence-corrected chi connectivity index (χ3v) is 6.06. The van der Waals surface area contributed by atoms with Gasteiger partial charge in [0.1, 0.15) is 5.82 Å². The van der Waals surface area contributed by atoms with Gasteiger partial charge in [0.05, 0.1) is 6.54 Å². The molecule has 1 fully saturated rings. The Morgan fingerprint density at radius 3 is 2.57 bits per heavy atom. The number of hydrogen-bond donors (Lipinski definition) is 1. The first-order valence-corrected chi connectivity index (χ1v) is 10.8. The van der Waals surface area contributed by atoms with Gasteiger partial charge in [-0.3, -0.25) is 9.36 Å². The first kappa shape index (κ1) is 19.0. The average molecular weight is 406 g/mol. The van der Waals surface area contributed by atoms with Crippen LogP contribution in [-0.2, 0) is 19.6 Å². The van der Waals surface area contributed by atoms with Crippen LogP contribution in [0.25, 0.3) is 16.9 Å². The van der Waals surface area contributed by atoms with Gasteiger partial charge in [-0.25, -0.2) is 4.98 Å². The molecule has 156 valence electrons. The van der Waals surface area contributed by atoms with E-state index in [1.54, 1.807) is 9.08 Å². The Bertz CT molecular complexity index is 1250. The molecule has 0 amide bonds. The maximum atomic E-state index is 13.6. The molecule has 0 aliphatic heterocycles. The molecule has 0 bridgehead atoms. The number of nitrogens with one attached hydrogen (secondary N) is 1. The van der Waals surface area contributed by atoms with Crippen LogP contribution >= 0.6 is 0 Å². The highest BCUT2D eigenvalue weighted by molar-refractivity contribution is 5.74. The zero-order valence-electron chi connectivity index (χ0n) is 17.5. The van der Waals surface area contributed by atoms with Gasteiger partial charge in [0.25, 0.3) is 5.56 Å². The summed E-state index contributed by atoms with van der Waals surface area (Å²) in [6, 6.07) is 10.3. The maximum absolute atomic E-state index is 13.6. The first-order chi connectivity index (χ1) is 14.7. The predicted octanol–water partition coefficient (Wildman–Crippen LogP) is 2.69. The Balaban J connectivity index is 1.81. The highest BCUT2D eigenvalue weighted by Gasteiger charge is 2.27. The Morgan fingerprint density at radius 1 is 1.10 bits per heavy atom. The van der Waals surface area contributed by atoms with E-state index in [4.69, 9.17) is 4.98 Å². The van der Waals surface area contributed by atoms with Crippen molar-refractivity contribution in [1.29, 1.82) is 0 Å². The Hall–Kier alpha value is -3.00. The Morgan fingerprint density at radius 2 is 1.87 bits per heavy atom. The number of benzene rings is 1. The number of aromatic nitrogens is 6. The molecule has 0 radical (unpaired) electrons. The van der Waals surface area contributed by atoms with Crippen LogP contribution in [0.1, 0.15) is 55.7 Å². The van der Waals surface area contributed by atoms with Crippen molar-refractivity contribution < 1.29 is 0 Å². The molecular weight excluding hydrogens is 378 g/mol. The smallest absolute Gasteiger partial charge is 0.281 e. The van der Waals surface area contributed by atoms with E-state index in [2.05, 4.69) is 32.1 Å². The maximum Gasteiger partial charge on any atom is 0.281 e. The van der Waals surface area contributed by atoms with Crippen molar-refractivity contribution in [2.24, 2.45) is 0 Å². The zero-order valence-corrected chi connectivity index (χ0v) is 17.5. The molecule has 30 heavy (non-hydrogen) atoms. The van der Waals surface area contributed by atoms with Crippen LogP contribution in [0.3, 0.4) is 0 Å². The second-order valence-corrected chi connectivity index (χ2v) is 8.01. The van der Waals surface area contributed by atoms with Crippen LogP contribution in [0.2, 0.25) is 0 Å². The summed E-state index contributed by atoms with van der Waals surface area (Å²) in [6.45, 7) is 3.67. The van der Waals surface area contributed by atoms with E-state index in [-0.39, 0.29) is 5.56 Å². The van der Waals surface area contributed by atoms with E-state index in [1.807, 2.05) is 32.2 Å². The minimum atomic E-state index is -0.0453. The van der Waals surface area contributed by atoms with Gasteiger partial charge in [-0.1, -0.05) is 43.2 Å². The number of rotatable bonds is 6. The summed E-state index contributed by atoms with van der Waals surface area (Å²) in [7, 11) is 1.86. The number of imidazole rings is 1. The van der Waals surface area contributed by atoms with Crippen molar-refractivity contribution in [1.82, 2.24) is 34.0 Å². The summed E-state index contributed by atoms with van der Waals surface area (Å²) in [5, 5.41) is 7.76. The van der Waals surface area contributed by atoms with E-state index < -0.39 is 0 Å². The molecular formula is C22H27N7O. The molecule has 1 N–H and O–H groups in total. The lowest BCUT2D eigenvalue weighted by molar-refractivity contribution is 0.616. The van der Waals surface area contributed by atoms with E-state index in [1.165, 1.54) is 12.8 Å². The fourth-order valence-electron chi connectivity index (χ4n) is 4.64. The van der Waals surface area contributed by atoms with Gasteiger partial charge in [0.2, 0.25) is 5.78 Å². The Labute approximate surface area is 174 Å². The monoisotopic (exact) mass is 405 g/mol. The molecule has 0 saturated heterocycles. The number of nitrogens with zero attached hydrogens (tertiary/aromatic N) is 6. The molecule has 0 unspecified atom stereocenters. The minimum absolute atomic E-state index is 0.0453. The molecule has 1 aliphatic carbocycles. The highest BCUT2D eigenvalue weighted by Crippen LogP contribution is 2.35. The fraction of sp³-hybridized carbons (Fsp3) is 0.455. The van der Waals surface area contributed by atoms with Gasteiger partial charge in [-0.05, 0) is 32.4 Å². The Kier molecular flexibility index (Phi) is 4.86. The van der Waals surface area contributed by atoms with Crippen LogP contribution in [0.15, 0.2) is 35.1 Å². The van der Waals surface area contributed by atoms with Crippen molar-refractivity contribution in [2.75, 3.05) is 7.05 Å². The summed E-state index contributed by atoms with van der Waals surface area (Å²) in [5.74, 6) is 2.60. The van der Waals surface area contributed by atoms with Crippen LogP contribution in [-0.4, -0.2) is 35.8 Å². The summed E-state index contributed by atoms with van der Waals surface area (Å²) >= 11 is 0. The van der Waals surface area contributed by atoms with Crippen LogP contribution < -0.4 is 10.9 Å². The van der Waals surface area contributed by atoms with Crippen LogP contribution in [0, 0.1) is 0 Å². The lowest BCUT2D eigenvalue weighted by atomic mass is 10.1. The number of hydrogen-bond acceptors (Lipinski definition) is 5. The van der Waals surface area contributed by atoms with Gasteiger partial charge in [0.15, 0.2) is 17.0 Å². The van der Waals surface area contributed by atoms with E-state index in [0.29, 0.717) is 48.3 Å². The zero-order chi connectivity index (χ0) is 20.7. The lowest BCUT2D eigenvalue weighted by Gasteiger charge is -2.13. The SMILES string of the molecule is CCn1c(=O)c2c(nc(C3CCCC3)n2Cc2ccccc2)n2nc(CNC)nc12. The number of fused-ring (bicyclic) bond motifs is 3. The number of aryl methyl sites for hydroxylation is 1. The topological polar surface area (TPSA) is 82.0 Å². The van der Waals surface area contributed by atoms with E-state index in [9.17, 15) is 4.79 Å². The quantitative estimate of drug-likeness (QED) is 0.533. The third-order valence-electron chi connectivity index (χ3n) is 6.06. The molecule has 4 aromatic rings. The van der Waals surface area contributed by atoms with Gasteiger partial charge in [0, 0.05) is 19.0 Å². The van der Waals surface area contributed by atoms with Crippen LogP contribution in [0.5, 0.6) is 0 Å². The standard InChI is InChI=1S/C22H27N7O/c1-3-27-21(30)18-20(29-22(27)24-17(26-29)13-23-2)25-19(16-11-7-8-12-16)28(18)14-15-9-5-4-6-10-15/h4-6,9-10,16,23H,3,7-8,11-14H2,1-2H3. The van der Waals surface area contributed by atoms with Crippen molar-refractivity contribution in [3.8, 4) is 0 Å². The fourth-order valence-corrected chi connectivity index (χ4v) is 4.64. The molecule has 1 saturated carbocycles. The molecule has 8 heteroatoms. The van der Waals surface area contributed by atoms with E-state index >= 15 is 0 Å². The van der Waals surface area contributed by atoms with Crippen molar-refractivity contribution >= 4 is 16.9 Å². The molecule has 3 heterocycles. The van der Waals surface area contributed by atoms with Gasteiger partial charge in [-0.2, -0.15) is 9.50 Å². The normalized spacial score (nSPS) is 15.0. The second kappa shape index (κ2) is 7.68. The largest absolute Gasteiger partial charge is 0.317 e. The minimum Gasteiger partial charge on any atom is -0.317 e. The average Bonchev–Trinajstić information content (AvgIpc) is 3.48. The summed E-state index contributed by atoms with van der Waals surface area (Å²) in [4.78, 5) is 23.2. The summed E-state index contributed by atoms with van der Waals surface area (Å²) in [5.41, 5.74) is 2.35. The predicted molar refractivity (Wildman–Crippen MR) is 116 cm³/mol. The first-order valence-electron chi connectivity index (χ1n) is 10.8. The molecule has 3 aromatic heterocycles. The molecule has 1 aliphatic rings. The highest BCUT2D eigenvalue weighted by atomic mass is 16.1. The summed E-state index contributed by atoms with van der Waals surface area (Å²) in [6.07, 6.45) is 4.66. The van der Waals surface area contributed by atoms with Crippen molar-refractivity contribution in [3.05, 3.63) is 57.9 Å². The van der Waals surface area contributed by atoms with Gasteiger partial charge >= 0.3 is 0 Å².